The van der Waals surface area contributed by atoms with E-state index >= 15 is 0 Å². The van der Waals surface area contributed by atoms with Gasteiger partial charge in [0.05, 0.1) is 35.2 Å². The maximum absolute atomic E-state index is 4.83. The molecule has 5 rings (SSSR count). The zero-order chi connectivity index (χ0) is 29.6. The normalized spacial score (nSPS) is 11.9. The summed E-state index contributed by atoms with van der Waals surface area (Å²) < 4.78 is 0. The van der Waals surface area contributed by atoms with E-state index in [-0.39, 0.29) is 40.1 Å². The largest absolute Gasteiger partial charge is 0.255 e. The molecule has 2 heterocycles. The van der Waals surface area contributed by atoms with Crippen LogP contribution in [-0.2, 0) is 34.1 Å². The second-order valence-corrected chi connectivity index (χ2v) is 11.3. The molecule has 232 valence electrons. The summed E-state index contributed by atoms with van der Waals surface area (Å²) in [6, 6.07) is 30.0. The Labute approximate surface area is 283 Å². The molecule has 6 heteroatoms. The first-order chi connectivity index (χ1) is 20.3. The predicted molar refractivity (Wildman–Crippen MR) is 176 cm³/mol. The third-order valence-electron chi connectivity index (χ3n) is 7.66. The molecule has 2 radical (unpaired) electrons. The van der Waals surface area contributed by atoms with Gasteiger partial charge in [-0.3, -0.25) is 20.0 Å². The van der Waals surface area contributed by atoms with Crippen LogP contribution in [-0.4, -0.2) is 22.4 Å². The summed E-state index contributed by atoms with van der Waals surface area (Å²) in [4.78, 5) is 18.4. The van der Waals surface area contributed by atoms with Crippen molar-refractivity contribution in [3.63, 3.8) is 0 Å². The first-order valence-electron chi connectivity index (χ1n) is 14.5. The molecular weight excluding hydrogens is 640 g/mol. The maximum atomic E-state index is 4.83. The Kier molecular flexibility index (Phi) is 12.6. The van der Waals surface area contributed by atoms with Crippen molar-refractivity contribution >= 4 is 23.8 Å². The molecule has 0 fully saturated rings. The van der Waals surface area contributed by atoms with Gasteiger partial charge in [0.2, 0.25) is 0 Å². The predicted octanol–water partition coefficient (Wildman–Crippen LogP) is 9.51. The molecule has 0 amide bonds. The van der Waals surface area contributed by atoms with Crippen molar-refractivity contribution in [3.8, 4) is 0 Å². The van der Waals surface area contributed by atoms with Gasteiger partial charge in [0.25, 0.3) is 0 Å². The van der Waals surface area contributed by atoms with Crippen molar-refractivity contribution < 1.29 is 34.1 Å². The standard InChI is InChI=1S/C38H38N4.2Cu/c1-25(2)30-13-15-31(16-14-30)36(32-19-26(3)37(27(4)20-32)41-23-34-11-7-9-17-39-34)33-21-28(5)38(29(6)22-33)42-24-35-12-8-10-18-40-35;;/h7-25,36H,1-6H3;;. The van der Waals surface area contributed by atoms with Crippen LogP contribution in [0.1, 0.15) is 81.6 Å². The minimum atomic E-state index is 0. The van der Waals surface area contributed by atoms with E-state index in [9.17, 15) is 0 Å². The van der Waals surface area contributed by atoms with Crippen LogP contribution in [0.25, 0.3) is 0 Å². The molecule has 0 aliphatic rings. The monoisotopic (exact) mass is 676 g/mol. The third-order valence-corrected chi connectivity index (χ3v) is 7.66. The maximum Gasteiger partial charge on any atom is 0.0812 e. The molecule has 0 saturated carbocycles. The Morgan fingerprint density at radius 3 is 1.25 bits per heavy atom. The van der Waals surface area contributed by atoms with Crippen LogP contribution >= 0.6 is 0 Å². The van der Waals surface area contributed by atoms with Gasteiger partial charge in [0.1, 0.15) is 0 Å². The number of aryl methyl sites for hydroxylation is 4. The molecule has 44 heavy (non-hydrogen) atoms. The average Bonchev–Trinajstić information content (AvgIpc) is 2.98. The van der Waals surface area contributed by atoms with Crippen molar-refractivity contribution in [3.05, 3.63) is 153 Å². The molecule has 3 aromatic carbocycles. The van der Waals surface area contributed by atoms with Crippen LogP contribution in [0.2, 0.25) is 0 Å². The third kappa shape index (κ3) is 8.28. The van der Waals surface area contributed by atoms with Gasteiger partial charge in [-0.05, 0) is 102 Å². The van der Waals surface area contributed by atoms with Crippen LogP contribution in [0.4, 0.5) is 11.4 Å². The fourth-order valence-electron chi connectivity index (χ4n) is 5.54. The zero-order valence-electron chi connectivity index (χ0n) is 25.9. The molecule has 0 atom stereocenters. The number of benzene rings is 3. The molecule has 0 unspecified atom stereocenters. The summed E-state index contributed by atoms with van der Waals surface area (Å²) in [5.74, 6) is 0.558. The SMILES string of the molecule is Cc1cc(C(c2ccc(C(C)C)cc2)c2cc(C)c(N=Cc3ccccn3)c(C)c2)cc(C)c1N=Cc1ccccn1.[Cu].[Cu]. The van der Waals surface area contributed by atoms with Crippen LogP contribution in [0, 0.1) is 27.7 Å². The van der Waals surface area contributed by atoms with Crippen LogP contribution in [0.5, 0.6) is 0 Å². The second-order valence-electron chi connectivity index (χ2n) is 11.3. The fraction of sp³-hybridized carbons (Fsp3) is 0.211. The average molecular weight is 678 g/mol. The van der Waals surface area contributed by atoms with Gasteiger partial charge in [0.15, 0.2) is 0 Å². The van der Waals surface area contributed by atoms with Gasteiger partial charge in [-0.25, -0.2) is 0 Å². The molecule has 0 saturated heterocycles. The quantitative estimate of drug-likeness (QED) is 0.0934. The molecule has 0 spiro atoms. The van der Waals surface area contributed by atoms with Crippen molar-refractivity contribution in [2.24, 2.45) is 9.98 Å². The minimum Gasteiger partial charge on any atom is -0.255 e. The van der Waals surface area contributed by atoms with Crippen LogP contribution < -0.4 is 0 Å². The fourth-order valence-corrected chi connectivity index (χ4v) is 5.54. The first-order valence-corrected chi connectivity index (χ1v) is 14.5. The molecular formula is C38H38Cu2N4. The van der Waals surface area contributed by atoms with Gasteiger partial charge in [-0.15, -0.1) is 0 Å². The molecule has 2 aromatic heterocycles. The summed E-state index contributed by atoms with van der Waals surface area (Å²) in [5, 5.41) is 0. The molecule has 0 N–H and O–H groups in total. The Morgan fingerprint density at radius 2 is 0.909 bits per heavy atom. The van der Waals surface area contributed by atoms with Crippen molar-refractivity contribution in [2.45, 2.75) is 53.4 Å². The second kappa shape index (κ2) is 15.9. The molecule has 0 aliphatic carbocycles. The molecule has 4 nitrogen and oxygen atoms in total. The Bertz CT molecular complexity index is 1580. The summed E-state index contributed by atoms with van der Waals surface area (Å²) in [6.07, 6.45) is 7.26. The molecule has 0 aliphatic heterocycles. The van der Waals surface area contributed by atoms with Gasteiger partial charge in [0, 0.05) is 52.4 Å². The van der Waals surface area contributed by atoms with E-state index < -0.39 is 0 Å². The van der Waals surface area contributed by atoms with Gasteiger partial charge in [-0.2, -0.15) is 0 Å². The number of rotatable bonds is 8. The van der Waals surface area contributed by atoms with E-state index in [0.717, 1.165) is 45.0 Å². The number of aromatic nitrogens is 2. The molecule has 5 aromatic rings. The van der Waals surface area contributed by atoms with Gasteiger partial charge >= 0.3 is 0 Å². The number of pyridine rings is 2. The van der Waals surface area contributed by atoms with Gasteiger partial charge < -0.3 is 0 Å². The Morgan fingerprint density at radius 1 is 0.523 bits per heavy atom. The van der Waals surface area contributed by atoms with E-state index in [1.165, 1.54) is 22.3 Å². The van der Waals surface area contributed by atoms with E-state index in [0.29, 0.717) is 5.92 Å². The van der Waals surface area contributed by atoms with Crippen molar-refractivity contribution in [2.75, 3.05) is 0 Å². The number of aliphatic imine (C=N–C) groups is 2. The summed E-state index contributed by atoms with van der Waals surface area (Å²) >= 11 is 0. The first kappa shape index (κ1) is 34.8. The van der Waals surface area contributed by atoms with Crippen molar-refractivity contribution in [1.29, 1.82) is 0 Å². The zero-order valence-corrected chi connectivity index (χ0v) is 27.8. The summed E-state index contributed by atoms with van der Waals surface area (Å²) in [5.41, 5.74) is 13.4. The Balaban J connectivity index is 0.00000264. The van der Waals surface area contributed by atoms with E-state index in [1.807, 2.05) is 48.8 Å². The summed E-state index contributed by atoms with van der Waals surface area (Å²) in [7, 11) is 0. The summed E-state index contributed by atoms with van der Waals surface area (Å²) in [6.45, 7) is 13.1. The number of nitrogens with zero attached hydrogens (tertiary/aromatic N) is 4. The smallest absolute Gasteiger partial charge is 0.0812 e. The number of hydrogen-bond donors (Lipinski definition) is 0. The Hall–Kier alpha value is -3.66. The van der Waals surface area contributed by atoms with E-state index in [2.05, 4.69) is 100 Å². The van der Waals surface area contributed by atoms with Crippen LogP contribution in [0.15, 0.2) is 107 Å². The van der Waals surface area contributed by atoms with Gasteiger partial charge in [-0.1, -0.05) is 74.5 Å². The minimum absolute atomic E-state index is 0. The van der Waals surface area contributed by atoms with Crippen LogP contribution in [0.3, 0.4) is 0 Å². The van der Waals surface area contributed by atoms with Crippen molar-refractivity contribution in [1.82, 2.24) is 9.97 Å². The number of hydrogen-bond acceptors (Lipinski definition) is 4. The van der Waals surface area contributed by atoms with E-state index in [1.54, 1.807) is 12.4 Å². The molecule has 0 bridgehead atoms. The van der Waals surface area contributed by atoms with E-state index in [4.69, 9.17) is 9.98 Å². The topological polar surface area (TPSA) is 50.5 Å².